The summed E-state index contributed by atoms with van der Waals surface area (Å²) in [5, 5.41) is 5.36. The van der Waals surface area contributed by atoms with E-state index in [1.165, 1.54) is 10.9 Å². The number of aromatic nitrogens is 1. The van der Waals surface area contributed by atoms with Crippen LogP contribution in [0.15, 0.2) is 48.7 Å². The molecule has 0 aliphatic rings. The maximum atomic E-state index is 6.23. The molecule has 0 spiro atoms. The van der Waals surface area contributed by atoms with E-state index in [9.17, 15) is 0 Å². The Balaban J connectivity index is 1.68. The Morgan fingerprint density at radius 3 is 2.90 bits per heavy atom. The summed E-state index contributed by atoms with van der Waals surface area (Å²) >= 11 is 6.23. The number of nitrogens with one attached hydrogen (secondary N) is 2. The van der Waals surface area contributed by atoms with Crippen molar-refractivity contribution in [2.75, 3.05) is 7.11 Å². The van der Waals surface area contributed by atoms with Crippen molar-refractivity contribution in [3.63, 3.8) is 0 Å². The Kier molecular flexibility index (Phi) is 4.13. The predicted octanol–water partition coefficient (Wildman–Crippen LogP) is 4.12. The molecular weight excluding hydrogens is 284 g/mol. The first-order valence-corrected chi connectivity index (χ1v) is 7.24. The molecule has 0 unspecified atom stereocenters. The zero-order valence-electron chi connectivity index (χ0n) is 11.8. The lowest BCUT2D eigenvalue weighted by Gasteiger charge is -2.11. The van der Waals surface area contributed by atoms with E-state index in [2.05, 4.69) is 34.6 Å². The fourth-order valence-corrected chi connectivity index (χ4v) is 2.67. The molecule has 4 heteroatoms. The van der Waals surface area contributed by atoms with Crippen LogP contribution in [0.5, 0.6) is 5.75 Å². The van der Waals surface area contributed by atoms with Crippen LogP contribution in [0.1, 0.15) is 11.1 Å². The summed E-state index contributed by atoms with van der Waals surface area (Å²) in [5.41, 5.74) is 3.38. The van der Waals surface area contributed by atoms with Crippen LogP contribution in [0.4, 0.5) is 0 Å². The van der Waals surface area contributed by atoms with Crippen LogP contribution in [0, 0.1) is 0 Å². The molecule has 1 aromatic heterocycles. The summed E-state index contributed by atoms with van der Waals surface area (Å²) in [5.74, 6) is 0.815. The second-order valence-corrected chi connectivity index (χ2v) is 5.33. The molecule has 3 nitrogen and oxygen atoms in total. The lowest BCUT2D eigenvalue weighted by molar-refractivity contribution is 0.407. The van der Waals surface area contributed by atoms with Gasteiger partial charge in [-0.1, -0.05) is 29.8 Å². The lowest BCUT2D eigenvalue weighted by Crippen LogP contribution is -2.13. The van der Waals surface area contributed by atoms with Gasteiger partial charge in [-0.15, -0.1) is 0 Å². The molecule has 0 saturated heterocycles. The van der Waals surface area contributed by atoms with Crippen LogP contribution >= 0.6 is 11.6 Å². The third kappa shape index (κ3) is 3.04. The highest BCUT2D eigenvalue weighted by Gasteiger charge is 2.07. The molecule has 0 radical (unpaired) electrons. The number of fused-ring (bicyclic) bond motifs is 1. The molecule has 3 rings (SSSR count). The smallest absolute Gasteiger partial charge is 0.124 e. The van der Waals surface area contributed by atoms with Gasteiger partial charge < -0.3 is 15.0 Å². The molecule has 0 amide bonds. The van der Waals surface area contributed by atoms with Gasteiger partial charge in [0.2, 0.25) is 0 Å². The first-order valence-electron chi connectivity index (χ1n) is 6.86. The summed E-state index contributed by atoms with van der Waals surface area (Å²) in [6.07, 6.45) is 1.95. The van der Waals surface area contributed by atoms with Gasteiger partial charge in [0, 0.05) is 35.4 Å². The second-order valence-electron chi connectivity index (χ2n) is 4.92. The minimum Gasteiger partial charge on any atom is -0.496 e. The van der Waals surface area contributed by atoms with Crippen LogP contribution in [0.2, 0.25) is 5.02 Å². The highest BCUT2D eigenvalue weighted by molar-refractivity contribution is 6.31. The number of methoxy groups -OCH3 is 1. The molecular formula is C17H17ClN2O. The van der Waals surface area contributed by atoms with E-state index >= 15 is 0 Å². The van der Waals surface area contributed by atoms with Gasteiger partial charge >= 0.3 is 0 Å². The molecule has 3 aromatic rings. The number of rotatable bonds is 5. The fourth-order valence-electron chi connectivity index (χ4n) is 2.44. The normalized spacial score (nSPS) is 11.0. The number of hydrogen-bond donors (Lipinski definition) is 2. The highest BCUT2D eigenvalue weighted by Crippen LogP contribution is 2.26. The molecule has 0 fully saturated rings. The third-order valence-corrected chi connectivity index (χ3v) is 3.90. The van der Waals surface area contributed by atoms with Gasteiger partial charge in [-0.2, -0.15) is 0 Å². The van der Waals surface area contributed by atoms with E-state index in [-0.39, 0.29) is 0 Å². The van der Waals surface area contributed by atoms with Crippen molar-refractivity contribution in [2.24, 2.45) is 0 Å². The molecule has 1 heterocycles. The molecule has 0 saturated carbocycles. The number of benzene rings is 2. The van der Waals surface area contributed by atoms with E-state index in [1.54, 1.807) is 7.11 Å². The third-order valence-electron chi connectivity index (χ3n) is 3.55. The minimum atomic E-state index is 0.672. The maximum Gasteiger partial charge on any atom is 0.124 e. The van der Waals surface area contributed by atoms with Gasteiger partial charge in [-0.05, 0) is 35.2 Å². The van der Waals surface area contributed by atoms with Gasteiger partial charge in [0.05, 0.1) is 7.11 Å². The van der Waals surface area contributed by atoms with Crippen LogP contribution < -0.4 is 10.1 Å². The number of ether oxygens (including phenoxy) is 1. The van der Waals surface area contributed by atoms with Crippen molar-refractivity contribution < 1.29 is 4.74 Å². The SMILES string of the molecule is COc1cccc(Cl)c1CNCc1ccc2cc[nH]c2c1. The van der Waals surface area contributed by atoms with Gasteiger partial charge in [0.25, 0.3) is 0 Å². The highest BCUT2D eigenvalue weighted by atomic mass is 35.5. The Labute approximate surface area is 128 Å². The molecule has 2 N–H and O–H groups in total. The summed E-state index contributed by atoms with van der Waals surface area (Å²) in [4.78, 5) is 3.23. The molecule has 0 aliphatic carbocycles. The van der Waals surface area contributed by atoms with E-state index < -0.39 is 0 Å². The average molecular weight is 301 g/mol. The minimum absolute atomic E-state index is 0.672. The zero-order valence-corrected chi connectivity index (χ0v) is 12.6. The Morgan fingerprint density at radius 1 is 1.14 bits per heavy atom. The van der Waals surface area contributed by atoms with Gasteiger partial charge in [-0.3, -0.25) is 0 Å². The van der Waals surface area contributed by atoms with E-state index in [0.717, 1.165) is 28.4 Å². The van der Waals surface area contributed by atoms with E-state index in [1.807, 2.05) is 24.4 Å². The quantitative estimate of drug-likeness (QED) is 0.744. The Morgan fingerprint density at radius 2 is 2.05 bits per heavy atom. The topological polar surface area (TPSA) is 37.0 Å². The van der Waals surface area contributed by atoms with E-state index in [0.29, 0.717) is 6.54 Å². The summed E-state index contributed by atoms with van der Waals surface area (Å²) in [6, 6.07) is 14.2. The summed E-state index contributed by atoms with van der Waals surface area (Å²) < 4.78 is 5.35. The number of aromatic amines is 1. The standard InChI is InChI=1S/C17H17ClN2O/c1-21-17-4-2-3-15(18)14(17)11-19-10-12-5-6-13-7-8-20-16(13)9-12/h2-9,19-20H,10-11H2,1H3. The lowest BCUT2D eigenvalue weighted by atomic mass is 10.1. The van der Waals surface area contributed by atoms with Crippen molar-refractivity contribution in [3.8, 4) is 5.75 Å². The van der Waals surface area contributed by atoms with Crippen LogP contribution in [0.3, 0.4) is 0 Å². The van der Waals surface area contributed by atoms with Gasteiger partial charge in [-0.25, -0.2) is 0 Å². The van der Waals surface area contributed by atoms with Crippen molar-refractivity contribution in [1.29, 1.82) is 0 Å². The molecule has 2 aromatic carbocycles. The second kappa shape index (κ2) is 6.20. The fraction of sp³-hybridized carbons (Fsp3) is 0.176. The summed E-state index contributed by atoms with van der Waals surface area (Å²) in [6.45, 7) is 1.45. The van der Waals surface area contributed by atoms with Crippen LogP contribution in [-0.2, 0) is 13.1 Å². The monoisotopic (exact) mass is 300 g/mol. The molecule has 0 aliphatic heterocycles. The predicted molar refractivity (Wildman–Crippen MR) is 86.8 cm³/mol. The molecule has 0 atom stereocenters. The average Bonchev–Trinajstić information content (AvgIpc) is 2.96. The zero-order chi connectivity index (χ0) is 14.7. The molecule has 0 bridgehead atoms. The van der Waals surface area contributed by atoms with Gasteiger partial charge in [0.15, 0.2) is 0 Å². The van der Waals surface area contributed by atoms with Gasteiger partial charge in [0.1, 0.15) is 5.75 Å². The number of halogens is 1. The van der Waals surface area contributed by atoms with Crippen molar-refractivity contribution in [3.05, 3.63) is 64.8 Å². The van der Waals surface area contributed by atoms with Crippen LogP contribution in [0.25, 0.3) is 10.9 Å². The maximum absolute atomic E-state index is 6.23. The van der Waals surface area contributed by atoms with Crippen LogP contribution in [-0.4, -0.2) is 12.1 Å². The first kappa shape index (κ1) is 14.0. The van der Waals surface area contributed by atoms with E-state index in [4.69, 9.17) is 16.3 Å². The summed E-state index contributed by atoms with van der Waals surface area (Å²) in [7, 11) is 1.66. The van der Waals surface area contributed by atoms with Crippen molar-refractivity contribution >= 4 is 22.5 Å². The van der Waals surface area contributed by atoms with Crippen molar-refractivity contribution in [2.45, 2.75) is 13.1 Å². The van der Waals surface area contributed by atoms with Crippen molar-refractivity contribution in [1.82, 2.24) is 10.3 Å². The largest absolute Gasteiger partial charge is 0.496 e. The Hall–Kier alpha value is -1.97. The molecule has 21 heavy (non-hydrogen) atoms. The number of hydrogen-bond acceptors (Lipinski definition) is 2. The Bertz CT molecular complexity index is 751. The number of H-pyrrole nitrogens is 1. The molecule has 108 valence electrons. The first-order chi connectivity index (χ1) is 10.3.